The van der Waals surface area contributed by atoms with Gasteiger partial charge in [-0.2, -0.15) is 0 Å². The number of sulfonamides is 1. The molecular weight excluding hydrogens is 424 g/mol. The second-order valence-corrected chi connectivity index (χ2v) is 9.49. The highest BCUT2D eigenvalue weighted by Crippen LogP contribution is 2.30. The summed E-state index contributed by atoms with van der Waals surface area (Å²) in [4.78, 5) is 13.8. The highest BCUT2D eigenvalue weighted by Gasteiger charge is 2.23. The molecule has 0 amide bonds. The van der Waals surface area contributed by atoms with Crippen LogP contribution in [0.25, 0.3) is 22.3 Å². The number of ether oxygens (including phenoxy) is 1. The van der Waals surface area contributed by atoms with Gasteiger partial charge in [-0.05, 0) is 36.2 Å². The first kappa shape index (κ1) is 20.7. The van der Waals surface area contributed by atoms with Gasteiger partial charge in [-0.3, -0.25) is 0 Å². The summed E-state index contributed by atoms with van der Waals surface area (Å²) in [5.74, 6) is 0.192. The maximum absolute atomic E-state index is 12.9. The molecule has 8 heteroatoms. The van der Waals surface area contributed by atoms with Gasteiger partial charge >= 0.3 is 0 Å². The molecule has 0 spiro atoms. The van der Waals surface area contributed by atoms with Gasteiger partial charge in [-0.15, -0.1) is 0 Å². The van der Waals surface area contributed by atoms with Crippen LogP contribution in [0.5, 0.6) is 0 Å². The molecule has 162 valence electrons. The molecule has 0 aliphatic carbocycles. The van der Waals surface area contributed by atoms with E-state index in [1.165, 1.54) is 0 Å². The molecule has 1 fully saturated rings. The van der Waals surface area contributed by atoms with Crippen LogP contribution in [0.4, 0.5) is 0 Å². The van der Waals surface area contributed by atoms with E-state index >= 15 is 0 Å². The van der Waals surface area contributed by atoms with Crippen LogP contribution < -0.4 is 4.72 Å². The minimum atomic E-state index is -3.67. The maximum Gasteiger partial charge on any atom is 0.240 e. The zero-order chi connectivity index (χ0) is 22.0. The summed E-state index contributed by atoms with van der Waals surface area (Å²) in [5, 5.41) is 0. The van der Waals surface area contributed by atoms with Crippen molar-refractivity contribution in [1.29, 1.82) is 0 Å². The maximum atomic E-state index is 12.9. The lowest BCUT2D eigenvalue weighted by Crippen LogP contribution is -2.23. The number of hydrogen-bond donors (Lipinski definition) is 1. The average Bonchev–Trinajstić information content (AvgIpc) is 3.38. The summed E-state index contributed by atoms with van der Waals surface area (Å²) in [5.41, 5.74) is 4.66. The quantitative estimate of drug-likeness (QED) is 0.486. The Labute approximate surface area is 186 Å². The summed E-state index contributed by atoms with van der Waals surface area (Å²) in [6, 6.07) is 20.0. The smallest absolute Gasteiger partial charge is 0.240 e. The molecule has 0 radical (unpaired) electrons. The molecule has 7 nitrogen and oxygen atoms in total. The second-order valence-electron chi connectivity index (χ2n) is 7.72. The van der Waals surface area contributed by atoms with Crippen molar-refractivity contribution >= 4 is 21.1 Å². The monoisotopic (exact) mass is 446 g/mol. The molecule has 0 saturated carbocycles. The van der Waals surface area contributed by atoms with E-state index in [4.69, 9.17) is 9.72 Å². The Morgan fingerprint density at radius 1 is 1.00 bits per heavy atom. The summed E-state index contributed by atoms with van der Waals surface area (Å²) in [6.45, 7) is 1.57. The summed E-state index contributed by atoms with van der Waals surface area (Å²) in [6.07, 6.45) is 2.46. The molecule has 1 aliphatic heterocycles. The van der Waals surface area contributed by atoms with Crippen molar-refractivity contribution in [2.24, 2.45) is 0 Å². The standard InChI is InChI=1S/C24H22N4O3S/c29-32(30,27-14-17-5-2-1-3-6-17)20-8-4-7-18(13-20)21-9-10-22-24(28-21)23(26-16-25-22)19-11-12-31-15-19/h1-10,13,16,19,27H,11-12,14-15H2. The fourth-order valence-corrected chi connectivity index (χ4v) is 4.91. The van der Waals surface area contributed by atoms with Gasteiger partial charge in [-0.1, -0.05) is 42.5 Å². The topological polar surface area (TPSA) is 94.1 Å². The number of hydrogen-bond acceptors (Lipinski definition) is 6. The number of pyridine rings is 1. The molecule has 1 saturated heterocycles. The molecule has 1 aliphatic rings. The molecule has 3 heterocycles. The van der Waals surface area contributed by atoms with Crippen LogP contribution in [0.2, 0.25) is 0 Å². The van der Waals surface area contributed by atoms with Crippen LogP contribution in [0.15, 0.2) is 78.0 Å². The largest absolute Gasteiger partial charge is 0.381 e. The molecule has 1 atom stereocenters. The van der Waals surface area contributed by atoms with Crippen molar-refractivity contribution in [3.8, 4) is 11.3 Å². The number of aromatic nitrogens is 3. The fraction of sp³-hybridized carbons (Fsp3) is 0.208. The van der Waals surface area contributed by atoms with Crippen LogP contribution in [0.1, 0.15) is 23.6 Å². The zero-order valence-corrected chi connectivity index (χ0v) is 18.1. The van der Waals surface area contributed by atoms with Gasteiger partial charge < -0.3 is 4.74 Å². The Morgan fingerprint density at radius 3 is 2.69 bits per heavy atom. The van der Waals surface area contributed by atoms with E-state index in [0.29, 0.717) is 24.5 Å². The Morgan fingerprint density at radius 2 is 1.88 bits per heavy atom. The van der Waals surface area contributed by atoms with Crippen molar-refractivity contribution in [3.63, 3.8) is 0 Å². The second kappa shape index (κ2) is 8.74. The predicted octanol–water partition coefficient (Wildman–Crippen LogP) is 3.67. The third-order valence-corrected chi connectivity index (χ3v) is 6.97. The summed E-state index contributed by atoms with van der Waals surface area (Å²) < 4.78 is 33.9. The molecule has 1 unspecified atom stereocenters. The molecule has 1 N–H and O–H groups in total. The Balaban J connectivity index is 1.46. The van der Waals surface area contributed by atoms with Gasteiger partial charge in [0.1, 0.15) is 11.8 Å². The SMILES string of the molecule is O=S(=O)(NCc1ccccc1)c1cccc(-c2ccc3ncnc(C4CCOC4)c3n2)c1. The van der Waals surface area contributed by atoms with E-state index < -0.39 is 10.0 Å². The lowest BCUT2D eigenvalue weighted by molar-refractivity contribution is 0.193. The summed E-state index contributed by atoms with van der Waals surface area (Å²) >= 11 is 0. The zero-order valence-electron chi connectivity index (χ0n) is 17.3. The highest BCUT2D eigenvalue weighted by atomic mass is 32.2. The van der Waals surface area contributed by atoms with E-state index in [9.17, 15) is 8.42 Å². The first-order chi connectivity index (χ1) is 15.6. The number of rotatable bonds is 6. The van der Waals surface area contributed by atoms with Gasteiger partial charge in [0.2, 0.25) is 10.0 Å². The molecule has 4 aromatic rings. The molecular formula is C24H22N4O3S. The number of nitrogens with one attached hydrogen (secondary N) is 1. The fourth-order valence-electron chi connectivity index (χ4n) is 3.85. The van der Waals surface area contributed by atoms with Crippen LogP contribution in [-0.4, -0.2) is 36.6 Å². The van der Waals surface area contributed by atoms with Gasteiger partial charge in [0.05, 0.1) is 28.4 Å². The van der Waals surface area contributed by atoms with Crippen molar-refractivity contribution in [1.82, 2.24) is 19.7 Å². The molecule has 0 bridgehead atoms. The highest BCUT2D eigenvalue weighted by molar-refractivity contribution is 7.89. The van der Waals surface area contributed by atoms with Crippen LogP contribution in [0.3, 0.4) is 0 Å². The van der Waals surface area contributed by atoms with Crippen molar-refractivity contribution in [2.45, 2.75) is 23.8 Å². The van der Waals surface area contributed by atoms with Crippen LogP contribution >= 0.6 is 0 Å². The molecule has 2 aromatic heterocycles. The third kappa shape index (κ3) is 4.25. The lowest BCUT2D eigenvalue weighted by atomic mass is 10.0. The van der Waals surface area contributed by atoms with Gasteiger partial charge in [-0.25, -0.2) is 28.1 Å². The minimum absolute atomic E-state index is 0.192. The summed E-state index contributed by atoms with van der Waals surface area (Å²) in [7, 11) is -3.67. The van der Waals surface area contributed by atoms with Crippen molar-refractivity contribution < 1.29 is 13.2 Å². The lowest BCUT2D eigenvalue weighted by Gasteiger charge is -2.11. The molecule has 2 aromatic carbocycles. The van der Waals surface area contributed by atoms with Gasteiger partial charge in [0.25, 0.3) is 0 Å². The van der Waals surface area contributed by atoms with Crippen LogP contribution in [0, 0.1) is 0 Å². The van der Waals surface area contributed by atoms with E-state index in [1.807, 2.05) is 48.5 Å². The normalized spacial score (nSPS) is 16.4. The number of fused-ring (bicyclic) bond motifs is 1. The van der Waals surface area contributed by atoms with E-state index in [0.717, 1.165) is 28.7 Å². The first-order valence-corrected chi connectivity index (χ1v) is 11.9. The number of nitrogens with zero attached hydrogens (tertiary/aromatic N) is 3. The predicted molar refractivity (Wildman–Crippen MR) is 121 cm³/mol. The third-order valence-electron chi connectivity index (χ3n) is 5.58. The first-order valence-electron chi connectivity index (χ1n) is 10.4. The number of benzene rings is 2. The van der Waals surface area contributed by atoms with Crippen LogP contribution in [-0.2, 0) is 21.3 Å². The molecule has 5 rings (SSSR count). The van der Waals surface area contributed by atoms with E-state index in [1.54, 1.807) is 24.5 Å². The Kier molecular flexibility index (Phi) is 5.65. The average molecular weight is 447 g/mol. The van der Waals surface area contributed by atoms with Gasteiger partial charge in [0.15, 0.2) is 0 Å². The Bertz CT molecular complexity index is 1350. The van der Waals surface area contributed by atoms with E-state index in [2.05, 4.69) is 14.7 Å². The minimum Gasteiger partial charge on any atom is -0.381 e. The van der Waals surface area contributed by atoms with Gasteiger partial charge in [0, 0.05) is 24.6 Å². The van der Waals surface area contributed by atoms with Crippen molar-refractivity contribution in [3.05, 3.63) is 84.3 Å². The molecule has 32 heavy (non-hydrogen) atoms. The van der Waals surface area contributed by atoms with Crippen molar-refractivity contribution in [2.75, 3.05) is 13.2 Å². The van der Waals surface area contributed by atoms with E-state index in [-0.39, 0.29) is 17.4 Å². The Hall–Kier alpha value is -3.20.